The Labute approximate surface area is 173 Å². The maximum Gasteiger partial charge on any atom is 0.229 e. The van der Waals surface area contributed by atoms with Crippen LogP contribution in [0.4, 0.5) is 17.5 Å². The van der Waals surface area contributed by atoms with Crippen LogP contribution in [0.3, 0.4) is 0 Å². The maximum absolute atomic E-state index is 5.47. The van der Waals surface area contributed by atoms with Gasteiger partial charge in [-0.25, -0.2) is 4.98 Å². The summed E-state index contributed by atoms with van der Waals surface area (Å²) in [6.45, 7) is 0.798. The van der Waals surface area contributed by atoms with Gasteiger partial charge in [-0.3, -0.25) is 0 Å². The lowest BCUT2D eigenvalue weighted by Gasteiger charge is -2.14. The highest BCUT2D eigenvalue weighted by atomic mass is 32.1. The molecule has 0 saturated heterocycles. The highest BCUT2D eigenvalue weighted by molar-refractivity contribution is 7.09. The first-order chi connectivity index (χ1) is 14.3. The van der Waals surface area contributed by atoms with Crippen molar-refractivity contribution in [3.63, 3.8) is 0 Å². The van der Waals surface area contributed by atoms with E-state index in [-0.39, 0.29) is 0 Å². The van der Waals surface area contributed by atoms with E-state index < -0.39 is 0 Å². The van der Waals surface area contributed by atoms with Crippen LogP contribution in [0.25, 0.3) is 10.9 Å². The van der Waals surface area contributed by atoms with Crippen molar-refractivity contribution in [3.05, 3.63) is 64.9 Å². The summed E-state index contributed by atoms with van der Waals surface area (Å²) in [5.74, 6) is 2.70. The second kappa shape index (κ2) is 8.79. The van der Waals surface area contributed by atoms with Gasteiger partial charge in [-0.1, -0.05) is 18.2 Å². The zero-order valence-corrected chi connectivity index (χ0v) is 17.1. The van der Waals surface area contributed by atoms with Gasteiger partial charge in [-0.15, -0.1) is 11.3 Å². The third-order valence-corrected chi connectivity index (χ3v) is 5.44. The van der Waals surface area contributed by atoms with Crippen LogP contribution >= 0.6 is 11.3 Å². The largest absolute Gasteiger partial charge is 0.497 e. The molecule has 2 heterocycles. The molecule has 4 aromatic rings. The van der Waals surface area contributed by atoms with E-state index in [0.29, 0.717) is 11.7 Å². The maximum atomic E-state index is 5.47. The molecule has 0 radical (unpaired) electrons. The number of nitrogens with one attached hydrogen (secondary N) is 2. The Hall–Kier alpha value is -3.32. The minimum atomic E-state index is 0.505. The fourth-order valence-corrected chi connectivity index (χ4v) is 3.76. The quantitative estimate of drug-likeness (QED) is 0.424. The molecule has 0 aliphatic heterocycles. The molecule has 0 aliphatic carbocycles. The fraction of sp³-hybridized carbons (Fsp3) is 0.182. The lowest BCUT2D eigenvalue weighted by atomic mass is 10.2. The smallest absolute Gasteiger partial charge is 0.229 e. The first kappa shape index (κ1) is 19.0. The fourth-order valence-electron chi connectivity index (χ4n) is 3.05. The molecular formula is C22H22N4O2S. The number of thiophene rings is 1. The predicted molar refractivity (Wildman–Crippen MR) is 119 cm³/mol. The minimum absolute atomic E-state index is 0.505. The first-order valence-corrected chi connectivity index (χ1v) is 10.2. The van der Waals surface area contributed by atoms with Crippen molar-refractivity contribution in [2.24, 2.45) is 0 Å². The Morgan fingerprint density at radius 1 is 0.966 bits per heavy atom. The average molecular weight is 407 g/mol. The van der Waals surface area contributed by atoms with Crippen LogP contribution < -0.4 is 20.1 Å². The van der Waals surface area contributed by atoms with Gasteiger partial charge in [0.1, 0.15) is 17.3 Å². The summed E-state index contributed by atoms with van der Waals surface area (Å²) in [5, 5.41) is 9.82. The summed E-state index contributed by atoms with van der Waals surface area (Å²) in [5.41, 5.74) is 1.64. The number of fused-ring (bicyclic) bond motifs is 1. The SMILES string of the molecule is COc1ccc(Nc2nc(NCCc3cccs3)c3ccccc3n2)c(OC)c1. The molecule has 4 rings (SSSR count). The number of benzene rings is 2. The summed E-state index contributed by atoms with van der Waals surface area (Å²) < 4.78 is 10.7. The lowest BCUT2D eigenvalue weighted by Crippen LogP contribution is -2.08. The predicted octanol–water partition coefficient (Wildman–Crippen LogP) is 5.11. The van der Waals surface area contributed by atoms with Gasteiger partial charge in [0.05, 0.1) is 25.4 Å². The van der Waals surface area contributed by atoms with E-state index in [0.717, 1.165) is 41.1 Å². The molecule has 2 aromatic heterocycles. The van der Waals surface area contributed by atoms with Crippen molar-refractivity contribution in [2.45, 2.75) is 6.42 Å². The van der Waals surface area contributed by atoms with E-state index in [1.54, 1.807) is 25.6 Å². The van der Waals surface area contributed by atoms with Crippen LogP contribution in [0.15, 0.2) is 60.0 Å². The van der Waals surface area contributed by atoms with Crippen LogP contribution in [0.5, 0.6) is 11.5 Å². The van der Waals surface area contributed by atoms with Crippen LogP contribution in [0, 0.1) is 0 Å². The monoisotopic (exact) mass is 406 g/mol. The minimum Gasteiger partial charge on any atom is -0.497 e. The van der Waals surface area contributed by atoms with Gasteiger partial charge >= 0.3 is 0 Å². The molecule has 7 heteroatoms. The number of hydrogen-bond donors (Lipinski definition) is 2. The van der Waals surface area contributed by atoms with Gasteiger partial charge in [0.15, 0.2) is 0 Å². The van der Waals surface area contributed by atoms with E-state index in [4.69, 9.17) is 14.5 Å². The number of anilines is 3. The number of ether oxygens (including phenoxy) is 2. The van der Waals surface area contributed by atoms with Crippen molar-refractivity contribution in [1.82, 2.24) is 9.97 Å². The highest BCUT2D eigenvalue weighted by Gasteiger charge is 2.11. The van der Waals surface area contributed by atoms with E-state index in [1.807, 2.05) is 42.5 Å². The van der Waals surface area contributed by atoms with Gasteiger partial charge in [-0.05, 0) is 42.1 Å². The standard InChI is InChI=1S/C22H22N4O2S/c1-27-15-9-10-19(20(14-15)28-2)25-22-24-18-8-4-3-7-17(18)21(26-22)23-12-11-16-6-5-13-29-16/h3-10,13-14H,11-12H2,1-2H3,(H2,23,24,25,26). The van der Waals surface area contributed by atoms with E-state index >= 15 is 0 Å². The molecule has 6 nitrogen and oxygen atoms in total. The van der Waals surface area contributed by atoms with Crippen molar-refractivity contribution < 1.29 is 9.47 Å². The molecule has 0 saturated carbocycles. The number of nitrogens with zero attached hydrogens (tertiary/aromatic N) is 2. The molecule has 2 N–H and O–H groups in total. The Morgan fingerprint density at radius 3 is 2.66 bits per heavy atom. The molecule has 0 bridgehead atoms. The van der Waals surface area contributed by atoms with Gasteiger partial charge in [-0.2, -0.15) is 4.98 Å². The number of rotatable bonds is 8. The molecule has 0 amide bonds. The van der Waals surface area contributed by atoms with Crippen LogP contribution in [0.2, 0.25) is 0 Å². The van der Waals surface area contributed by atoms with Crippen LogP contribution in [-0.4, -0.2) is 30.7 Å². The van der Waals surface area contributed by atoms with Crippen LogP contribution in [-0.2, 0) is 6.42 Å². The zero-order valence-electron chi connectivity index (χ0n) is 16.3. The van der Waals surface area contributed by atoms with Crippen molar-refractivity contribution in [1.29, 1.82) is 0 Å². The topological polar surface area (TPSA) is 68.3 Å². The number of hydrogen-bond acceptors (Lipinski definition) is 7. The summed E-state index contributed by atoms with van der Waals surface area (Å²) in [6, 6.07) is 17.8. The summed E-state index contributed by atoms with van der Waals surface area (Å²) >= 11 is 1.76. The molecule has 0 unspecified atom stereocenters. The molecule has 0 aliphatic rings. The molecule has 0 atom stereocenters. The van der Waals surface area contributed by atoms with Crippen molar-refractivity contribution in [2.75, 3.05) is 31.4 Å². The van der Waals surface area contributed by atoms with Crippen LogP contribution in [0.1, 0.15) is 4.88 Å². The molecule has 29 heavy (non-hydrogen) atoms. The van der Waals surface area contributed by atoms with Crippen molar-refractivity contribution in [3.8, 4) is 11.5 Å². The number of aromatic nitrogens is 2. The second-order valence-corrected chi connectivity index (χ2v) is 7.39. The molecule has 148 valence electrons. The highest BCUT2D eigenvalue weighted by Crippen LogP contribution is 2.31. The molecule has 2 aromatic carbocycles. The summed E-state index contributed by atoms with van der Waals surface area (Å²) in [7, 11) is 3.25. The normalized spacial score (nSPS) is 10.7. The first-order valence-electron chi connectivity index (χ1n) is 9.29. The average Bonchev–Trinajstić information content (AvgIpc) is 3.27. The Bertz CT molecular complexity index is 1100. The molecule has 0 spiro atoms. The Kier molecular flexibility index (Phi) is 5.76. The third kappa shape index (κ3) is 4.41. The van der Waals surface area contributed by atoms with E-state index in [1.165, 1.54) is 4.88 Å². The summed E-state index contributed by atoms with van der Waals surface area (Å²) in [6.07, 6.45) is 0.949. The van der Waals surface area contributed by atoms with Gasteiger partial charge in [0, 0.05) is 22.9 Å². The second-order valence-electron chi connectivity index (χ2n) is 6.36. The van der Waals surface area contributed by atoms with Crippen molar-refractivity contribution >= 4 is 39.7 Å². The summed E-state index contributed by atoms with van der Waals surface area (Å²) in [4.78, 5) is 10.7. The Balaban J connectivity index is 1.61. The van der Waals surface area contributed by atoms with Gasteiger partial charge in [0.2, 0.25) is 5.95 Å². The number of para-hydroxylation sites is 1. The third-order valence-electron chi connectivity index (χ3n) is 4.50. The molecular weight excluding hydrogens is 384 g/mol. The van der Waals surface area contributed by atoms with Gasteiger partial charge in [0.25, 0.3) is 0 Å². The zero-order chi connectivity index (χ0) is 20.1. The Morgan fingerprint density at radius 2 is 1.86 bits per heavy atom. The van der Waals surface area contributed by atoms with E-state index in [2.05, 4.69) is 33.1 Å². The number of methoxy groups -OCH3 is 2. The van der Waals surface area contributed by atoms with Gasteiger partial charge < -0.3 is 20.1 Å². The lowest BCUT2D eigenvalue weighted by molar-refractivity contribution is 0.395. The van der Waals surface area contributed by atoms with E-state index in [9.17, 15) is 0 Å². The molecule has 0 fully saturated rings.